The van der Waals surface area contributed by atoms with E-state index in [4.69, 9.17) is 0 Å². The number of hydrogen-bond donors (Lipinski definition) is 1. The number of amides is 1. The first-order valence-corrected chi connectivity index (χ1v) is 9.42. The van der Waals surface area contributed by atoms with Crippen molar-refractivity contribution in [2.24, 2.45) is 4.99 Å². The van der Waals surface area contributed by atoms with Crippen molar-refractivity contribution in [1.82, 2.24) is 10.3 Å². The summed E-state index contributed by atoms with van der Waals surface area (Å²) in [4.78, 5) is 20.0. The van der Waals surface area contributed by atoms with Gasteiger partial charge in [-0.15, -0.1) is 0 Å². The molecular formula is C19H15F6N3OS. The minimum absolute atomic E-state index is 0.0253. The van der Waals surface area contributed by atoms with Gasteiger partial charge in [0, 0.05) is 6.20 Å². The Hall–Kier alpha value is -2.56. The Morgan fingerprint density at radius 2 is 1.77 bits per heavy atom. The normalized spacial score (nSPS) is 22.3. The smallest absolute Gasteiger partial charge is 0.304 e. The zero-order chi connectivity index (χ0) is 22.3. The van der Waals surface area contributed by atoms with Crippen molar-refractivity contribution >= 4 is 22.8 Å². The van der Waals surface area contributed by atoms with E-state index in [1.54, 1.807) is 0 Å². The van der Waals surface area contributed by atoms with Crippen LogP contribution in [0.2, 0.25) is 0 Å². The highest BCUT2D eigenvalue weighted by Crippen LogP contribution is 2.43. The number of pyridine rings is 1. The first-order valence-electron chi connectivity index (χ1n) is 8.60. The molecule has 1 aliphatic heterocycles. The van der Waals surface area contributed by atoms with E-state index in [1.807, 2.05) is 0 Å². The molecule has 2 heterocycles. The molecule has 160 valence electrons. The zero-order valence-corrected chi connectivity index (χ0v) is 16.4. The molecule has 11 heteroatoms. The SMILES string of the molecule is C[C@H](N=C1NC(=O)C(C)(c2ccnc(C(F)(F)F)c2)S1)c1ccccc1C(F)(F)F. The number of hydrogen-bond acceptors (Lipinski definition) is 4. The largest absolute Gasteiger partial charge is 0.433 e. The van der Waals surface area contributed by atoms with Crippen LogP contribution in [-0.4, -0.2) is 16.1 Å². The van der Waals surface area contributed by atoms with Crippen molar-refractivity contribution in [1.29, 1.82) is 0 Å². The topological polar surface area (TPSA) is 54.4 Å². The van der Waals surface area contributed by atoms with E-state index in [9.17, 15) is 31.1 Å². The average Bonchev–Trinajstić information content (AvgIpc) is 2.95. The van der Waals surface area contributed by atoms with Crippen molar-refractivity contribution in [3.63, 3.8) is 0 Å². The predicted octanol–water partition coefficient (Wildman–Crippen LogP) is 5.31. The van der Waals surface area contributed by atoms with Crippen molar-refractivity contribution in [2.45, 2.75) is 37.0 Å². The Bertz CT molecular complexity index is 1000. The summed E-state index contributed by atoms with van der Waals surface area (Å²) in [6.45, 7) is 2.85. The molecule has 1 amide bonds. The third-order valence-corrected chi connectivity index (χ3v) is 5.81. The van der Waals surface area contributed by atoms with Crippen molar-refractivity contribution in [3.8, 4) is 0 Å². The fraction of sp³-hybridized carbons (Fsp3) is 0.316. The second-order valence-electron chi connectivity index (χ2n) is 6.71. The molecule has 1 saturated heterocycles. The van der Waals surface area contributed by atoms with Gasteiger partial charge in [0.15, 0.2) is 5.17 Å². The van der Waals surface area contributed by atoms with Crippen LogP contribution in [0.15, 0.2) is 47.6 Å². The first kappa shape index (κ1) is 22.1. The average molecular weight is 447 g/mol. The summed E-state index contributed by atoms with van der Waals surface area (Å²) >= 11 is 0.843. The van der Waals surface area contributed by atoms with Gasteiger partial charge < -0.3 is 5.32 Å². The van der Waals surface area contributed by atoms with Crippen LogP contribution >= 0.6 is 11.8 Å². The molecule has 4 nitrogen and oxygen atoms in total. The molecule has 1 N–H and O–H groups in total. The summed E-state index contributed by atoms with van der Waals surface area (Å²) in [5.41, 5.74) is -2.01. The van der Waals surface area contributed by atoms with Crippen LogP contribution in [0.25, 0.3) is 0 Å². The molecule has 2 aromatic rings. The highest BCUT2D eigenvalue weighted by molar-refractivity contribution is 8.15. The molecule has 1 fully saturated rings. The van der Waals surface area contributed by atoms with Crippen LogP contribution in [0.5, 0.6) is 0 Å². The lowest BCUT2D eigenvalue weighted by atomic mass is 9.99. The quantitative estimate of drug-likeness (QED) is 0.649. The Balaban J connectivity index is 1.92. The molecule has 1 aromatic carbocycles. The van der Waals surface area contributed by atoms with Gasteiger partial charge in [-0.3, -0.25) is 14.8 Å². The van der Waals surface area contributed by atoms with Gasteiger partial charge in [0.1, 0.15) is 10.4 Å². The number of amidine groups is 1. The number of halogens is 6. The maximum atomic E-state index is 13.2. The van der Waals surface area contributed by atoms with Crippen LogP contribution in [0.3, 0.4) is 0 Å². The third kappa shape index (κ3) is 4.30. The molecule has 30 heavy (non-hydrogen) atoms. The minimum Gasteiger partial charge on any atom is -0.304 e. The van der Waals surface area contributed by atoms with E-state index in [-0.39, 0.29) is 16.3 Å². The standard InChI is InChI=1S/C19H15F6N3OS/c1-10(12-5-3-4-6-13(12)18(20,21)22)27-16-28-15(29)17(2,30-16)11-7-8-26-14(9-11)19(23,24)25/h3-10H,1-2H3,(H,27,28,29)/t10-,17?/m0/s1. The number of carbonyl (C=O) groups is 1. The number of benzene rings is 1. The fourth-order valence-corrected chi connectivity index (χ4v) is 4.11. The lowest BCUT2D eigenvalue weighted by molar-refractivity contribution is -0.141. The molecule has 0 spiro atoms. The number of aromatic nitrogens is 1. The van der Waals surface area contributed by atoms with E-state index < -0.39 is 40.3 Å². The molecule has 1 aromatic heterocycles. The van der Waals surface area contributed by atoms with Crippen LogP contribution in [-0.2, 0) is 21.9 Å². The van der Waals surface area contributed by atoms with Gasteiger partial charge in [-0.2, -0.15) is 26.3 Å². The van der Waals surface area contributed by atoms with Crippen molar-refractivity contribution in [2.75, 3.05) is 0 Å². The van der Waals surface area contributed by atoms with Crippen molar-refractivity contribution in [3.05, 3.63) is 65.0 Å². The molecule has 0 radical (unpaired) electrons. The summed E-state index contributed by atoms with van der Waals surface area (Å²) in [7, 11) is 0. The van der Waals surface area contributed by atoms with Crippen LogP contribution in [0.1, 0.15) is 42.3 Å². The molecule has 0 saturated carbocycles. The van der Waals surface area contributed by atoms with E-state index in [2.05, 4.69) is 15.3 Å². The van der Waals surface area contributed by atoms with Gasteiger partial charge in [-0.25, -0.2) is 0 Å². The maximum absolute atomic E-state index is 13.2. The highest BCUT2D eigenvalue weighted by atomic mass is 32.2. The number of nitrogens with one attached hydrogen (secondary N) is 1. The van der Waals surface area contributed by atoms with Gasteiger partial charge in [0.05, 0.1) is 11.6 Å². The fourth-order valence-electron chi connectivity index (χ4n) is 2.98. The monoisotopic (exact) mass is 447 g/mol. The van der Waals surface area contributed by atoms with Gasteiger partial charge in [0.25, 0.3) is 0 Å². The Morgan fingerprint density at radius 1 is 1.10 bits per heavy atom. The summed E-state index contributed by atoms with van der Waals surface area (Å²) in [5, 5.41) is 2.48. The minimum atomic E-state index is -4.68. The Kier molecular flexibility index (Phi) is 5.61. The number of aliphatic imine (C=N–C) groups is 1. The lowest BCUT2D eigenvalue weighted by Gasteiger charge is -2.20. The summed E-state index contributed by atoms with van der Waals surface area (Å²) in [6, 6.07) is 6.04. The summed E-state index contributed by atoms with van der Waals surface area (Å²) < 4.78 is 77.2. The third-order valence-electron chi connectivity index (χ3n) is 4.58. The number of carbonyl (C=O) groups excluding carboxylic acids is 1. The van der Waals surface area contributed by atoms with Gasteiger partial charge in [-0.1, -0.05) is 30.0 Å². The zero-order valence-electron chi connectivity index (χ0n) is 15.6. The molecule has 1 aliphatic rings. The van der Waals surface area contributed by atoms with E-state index in [0.717, 1.165) is 30.1 Å². The van der Waals surface area contributed by atoms with Gasteiger partial charge >= 0.3 is 12.4 Å². The van der Waals surface area contributed by atoms with Crippen LogP contribution in [0, 0.1) is 0 Å². The highest BCUT2D eigenvalue weighted by Gasteiger charge is 2.45. The second kappa shape index (κ2) is 7.60. The Labute approximate surface area is 171 Å². The second-order valence-corrected chi connectivity index (χ2v) is 8.12. The van der Waals surface area contributed by atoms with Crippen molar-refractivity contribution < 1.29 is 31.1 Å². The lowest BCUT2D eigenvalue weighted by Crippen LogP contribution is -2.32. The number of thioether (sulfide) groups is 1. The number of alkyl halides is 6. The maximum Gasteiger partial charge on any atom is 0.433 e. The molecule has 0 bridgehead atoms. The van der Waals surface area contributed by atoms with E-state index in [0.29, 0.717) is 0 Å². The van der Waals surface area contributed by atoms with Gasteiger partial charge in [-0.05, 0) is 43.2 Å². The number of rotatable bonds is 3. The predicted molar refractivity (Wildman–Crippen MR) is 99.6 cm³/mol. The van der Waals surface area contributed by atoms with Crippen LogP contribution in [0.4, 0.5) is 26.3 Å². The van der Waals surface area contributed by atoms with Crippen LogP contribution < -0.4 is 5.32 Å². The molecule has 2 atom stereocenters. The van der Waals surface area contributed by atoms with Gasteiger partial charge in [0.2, 0.25) is 5.91 Å². The molecule has 0 aliphatic carbocycles. The molecule has 3 rings (SSSR count). The number of nitrogens with zero attached hydrogens (tertiary/aromatic N) is 2. The van der Waals surface area contributed by atoms with E-state index >= 15 is 0 Å². The molecule has 1 unspecified atom stereocenters. The Morgan fingerprint density at radius 3 is 2.40 bits per heavy atom. The summed E-state index contributed by atoms with van der Waals surface area (Å²) in [6.07, 6.45) is -8.30. The first-order chi connectivity index (χ1) is 13.8. The van der Waals surface area contributed by atoms with E-state index in [1.165, 1.54) is 38.1 Å². The molecular weight excluding hydrogens is 432 g/mol. The summed E-state index contributed by atoms with van der Waals surface area (Å²) in [5.74, 6) is -0.623.